The topological polar surface area (TPSA) is 43.1 Å². The summed E-state index contributed by atoms with van der Waals surface area (Å²) < 4.78 is 1.82. The molecule has 2 rings (SSSR count). The minimum atomic E-state index is 0.421. The first-order valence-corrected chi connectivity index (χ1v) is 5.30. The van der Waals surface area contributed by atoms with Gasteiger partial charge in [-0.25, -0.2) is 9.50 Å². The molecule has 80 valence electrons. The van der Waals surface area contributed by atoms with Crippen molar-refractivity contribution in [2.24, 2.45) is 0 Å². The first-order chi connectivity index (χ1) is 7.09. The van der Waals surface area contributed by atoms with Gasteiger partial charge in [0.2, 0.25) is 0 Å². The fourth-order valence-electron chi connectivity index (χ4n) is 1.56. The molecule has 0 aliphatic carbocycles. The van der Waals surface area contributed by atoms with Crippen LogP contribution in [-0.4, -0.2) is 19.6 Å². The molecule has 0 bridgehead atoms. The number of fused-ring (bicyclic) bond motifs is 1. The van der Waals surface area contributed by atoms with Crippen molar-refractivity contribution in [3.63, 3.8) is 0 Å². The Morgan fingerprint density at radius 3 is 2.47 bits per heavy atom. The third kappa shape index (κ3) is 1.71. The average molecular weight is 204 g/mol. The second kappa shape index (κ2) is 3.61. The lowest BCUT2D eigenvalue weighted by molar-refractivity contribution is 0.725. The van der Waals surface area contributed by atoms with E-state index in [-0.39, 0.29) is 0 Å². The van der Waals surface area contributed by atoms with Gasteiger partial charge in [-0.15, -0.1) is 0 Å². The Balaban J connectivity index is 2.69. The van der Waals surface area contributed by atoms with Gasteiger partial charge >= 0.3 is 0 Å². The van der Waals surface area contributed by atoms with Crippen molar-refractivity contribution in [2.75, 3.05) is 0 Å². The quantitative estimate of drug-likeness (QED) is 0.754. The van der Waals surface area contributed by atoms with Gasteiger partial charge in [0.25, 0.3) is 5.78 Å². The second-order valence-corrected chi connectivity index (χ2v) is 4.39. The molecule has 0 aliphatic rings. The van der Waals surface area contributed by atoms with Crippen LogP contribution in [0, 0.1) is 0 Å². The Bertz CT molecular complexity index is 470. The van der Waals surface area contributed by atoms with Gasteiger partial charge in [0.15, 0.2) is 0 Å². The van der Waals surface area contributed by atoms with Crippen molar-refractivity contribution in [1.29, 1.82) is 0 Å². The van der Waals surface area contributed by atoms with E-state index in [2.05, 4.69) is 48.8 Å². The van der Waals surface area contributed by atoms with Crippen LogP contribution < -0.4 is 0 Å². The predicted molar refractivity (Wildman–Crippen MR) is 59.0 cm³/mol. The highest BCUT2D eigenvalue weighted by Crippen LogP contribution is 2.19. The minimum Gasteiger partial charge on any atom is -0.216 e. The largest absolute Gasteiger partial charge is 0.252 e. The van der Waals surface area contributed by atoms with E-state index in [0.29, 0.717) is 17.6 Å². The van der Waals surface area contributed by atoms with Gasteiger partial charge in [-0.1, -0.05) is 27.7 Å². The van der Waals surface area contributed by atoms with Crippen LogP contribution in [0.2, 0.25) is 0 Å². The lowest BCUT2D eigenvalue weighted by Crippen LogP contribution is -2.06. The molecule has 0 unspecified atom stereocenters. The molecule has 2 aromatic heterocycles. The molecule has 0 aliphatic heterocycles. The van der Waals surface area contributed by atoms with Crippen LogP contribution in [0.25, 0.3) is 5.78 Å². The number of aromatic nitrogens is 4. The molecule has 0 spiro atoms. The third-order valence-corrected chi connectivity index (χ3v) is 2.48. The van der Waals surface area contributed by atoms with Crippen LogP contribution in [0.15, 0.2) is 12.4 Å². The van der Waals surface area contributed by atoms with Crippen LogP contribution in [0.3, 0.4) is 0 Å². The lowest BCUT2D eigenvalue weighted by atomic mass is 10.1. The smallest absolute Gasteiger partial charge is 0.216 e. The van der Waals surface area contributed by atoms with Crippen LogP contribution >= 0.6 is 0 Å². The molecular formula is C11H16N4. The van der Waals surface area contributed by atoms with Crippen LogP contribution in [0.5, 0.6) is 0 Å². The molecule has 0 fully saturated rings. The third-order valence-electron chi connectivity index (χ3n) is 2.48. The molecule has 0 radical (unpaired) electrons. The van der Waals surface area contributed by atoms with E-state index in [9.17, 15) is 0 Å². The van der Waals surface area contributed by atoms with Gasteiger partial charge in [-0.3, -0.25) is 0 Å². The van der Waals surface area contributed by atoms with E-state index in [4.69, 9.17) is 0 Å². The molecule has 2 aromatic rings. The Morgan fingerprint density at radius 1 is 1.13 bits per heavy atom. The van der Waals surface area contributed by atoms with Gasteiger partial charge < -0.3 is 0 Å². The summed E-state index contributed by atoms with van der Waals surface area (Å²) in [6, 6.07) is 2.12. The van der Waals surface area contributed by atoms with Gasteiger partial charge in [-0.05, 0) is 17.9 Å². The summed E-state index contributed by atoms with van der Waals surface area (Å²) in [7, 11) is 0. The normalized spacial score (nSPS) is 11.9. The molecule has 0 N–H and O–H groups in total. The highest BCUT2D eigenvalue weighted by atomic mass is 15.3. The molecule has 0 amide bonds. The van der Waals surface area contributed by atoms with E-state index in [0.717, 1.165) is 5.69 Å². The van der Waals surface area contributed by atoms with Crippen LogP contribution in [-0.2, 0) is 0 Å². The van der Waals surface area contributed by atoms with Crippen molar-refractivity contribution in [3.05, 3.63) is 23.8 Å². The first kappa shape index (κ1) is 10.1. The maximum absolute atomic E-state index is 4.47. The van der Waals surface area contributed by atoms with Gasteiger partial charge in [0.1, 0.15) is 6.33 Å². The number of nitrogens with zero attached hydrogens (tertiary/aromatic N) is 4. The van der Waals surface area contributed by atoms with Crippen molar-refractivity contribution < 1.29 is 0 Å². The number of hydrogen-bond donors (Lipinski definition) is 0. The van der Waals surface area contributed by atoms with E-state index in [1.165, 1.54) is 5.69 Å². The molecule has 0 saturated heterocycles. The zero-order valence-electron chi connectivity index (χ0n) is 9.60. The van der Waals surface area contributed by atoms with Crippen molar-refractivity contribution >= 4 is 5.78 Å². The summed E-state index contributed by atoms with van der Waals surface area (Å²) in [5, 5.41) is 4.18. The summed E-state index contributed by atoms with van der Waals surface area (Å²) in [6.07, 6.45) is 1.55. The molecule has 0 aromatic carbocycles. The van der Waals surface area contributed by atoms with Crippen molar-refractivity contribution in [1.82, 2.24) is 19.6 Å². The SMILES string of the molecule is CC(C)c1cc(C(C)C)n2ncnc2n1. The highest BCUT2D eigenvalue weighted by molar-refractivity contribution is 5.32. The number of rotatable bonds is 2. The Kier molecular flexibility index (Phi) is 2.42. The second-order valence-electron chi connectivity index (χ2n) is 4.39. The number of hydrogen-bond acceptors (Lipinski definition) is 3. The standard InChI is InChI=1S/C11H16N4/c1-7(2)9-5-10(8(3)4)15-11(14-9)12-6-13-15/h5-8H,1-4H3. The first-order valence-electron chi connectivity index (χ1n) is 5.30. The molecule has 4 nitrogen and oxygen atoms in total. The monoisotopic (exact) mass is 204 g/mol. The van der Waals surface area contributed by atoms with E-state index < -0.39 is 0 Å². The van der Waals surface area contributed by atoms with E-state index in [1.807, 2.05) is 4.52 Å². The highest BCUT2D eigenvalue weighted by Gasteiger charge is 2.11. The molecule has 15 heavy (non-hydrogen) atoms. The maximum Gasteiger partial charge on any atom is 0.252 e. The summed E-state index contributed by atoms with van der Waals surface area (Å²) in [5.41, 5.74) is 2.25. The van der Waals surface area contributed by atoms with Crippen LogP contribution in [0.4, 0.5) is 0 Å². The molecule has 4 heteroatoms. The summed E-state index contributed by atoms with van der Waals surface area (Å²) in [4.78, 5) is 8.61. The van der Waals surface area contributed by atoms with E-state index in [1.54, 1.807) is 6.33 Å². The van der Waals surface area contributed by atoms with Gasteiger partial charge in [0, 0.05) is 5.69 Å². The molecule has 0 saturated carbocycles. The summed E-state index contributed by atoms with van der Waals surface area (Å²) in [6.45, 7) is 8.58. The van der Waals surface area contributed by atoms with Crippen molar-refractivity contribution in [3.8, 4) is 0 Å². The van der Waals surface area contributed by atoms with Crippen LogP contribution in [0.1, 0.15) is 50.9 Å². The van der Waals surface area contributed by atoms with E-state index >= 15 is 0 Å². The Morgan fingerprint density at radius 2 is 1.87 bits per heavy atom. The fourth-order valence-corrected chi connectivity index (χ4v) is 1.56. The summed E-state index contributed by atoms with van der Waals surface area (Å²) >= 11 is 0. The maximum atomic E-state index is 4.47. The van der Waals surface area contributed by atoms with Gasteiger partial charge in [-0.2, -0.15) is 10.1 Å². The Hall–Kier alpha value is -1.45. The fraction of sp³-hybridized carbons (Fsp3) is 0.545. The molecule has 2 heterocycles. The minimum absolute atomic E-state index is 0.421. The van der Waals surface area contributed by atoms with Gasteiger partial charge in [0.05, 0.1) is 5.69 Å². The zero-order chi connectivity index (χ0) is 11.0. The van der Waals surface area contributed by atoms with Crippen molar-refractivity contribution in [2.45, 2.75) is 39.5 Å². The zero-order valence-corrected chi connectivity index (χ0v) is 9.60. The predicted octanol–water partition coefficient (Wildman–Crippen LogP) is 2.37. The average Bonchev–Trinajstić information content (AvgIpc) is 2.62. The Labute approximate surface area is 89.4 Å². The molecular weight excluding hydrogens is 188 g/mol. The molecule has 0 atom stereocenters. The lowest BCUT2D eigenvalue weighted by Gasteiger charge is -2.11. The summed E-state index contributed by atoms with van der Waals surface area (Å²) in [5.74, 6) is 1.55.